The van der Waals surface area contributed by atoms with Gasteiger partial charge in [0.2, 0.25) is 0 Å². The summed E-state index contributed by atoms with van der Waals surface area (Å²) < 4.78 is 0. The lowest BCUT2D eigenvalue weighted by Gasteiger charge is -2.27. The van der Waals surface area contributed by atoms with E-state index in [1.807, 2.05) is 26.0 Å². The van der Waals surface area contributed by atoms with Crippen LogP contribution >= 0.6 is 23.2 Å². The first-order valence-corrected chi connectivity index (χ1v) is 17.7. The van der Waals surface area contributed by atoms with E-state index in [9.17, 15) is 0 Å². The first kappa shape index (κ1) is 34.7. The topological polar surface area (TPSA) is 72.6 Å². The van der Waals surface area contributed by atoms with E-state index < -0.39 is 0 Å². The molecule has 7 rings (SSSR count). The lowest BCUT2D eigenvalue weighted by molar-refractivity contribution is 0.245. The average Bonchev–Trinajstić information content (AvgIpc) is 3.75. The van der Waals surface area contributed by atoms with Crippen molar-refractivity contribution < 1.29 is 0 Å². The van der Waals surface area contributed by atoms with E-state index in [4.69, 9.17) is 23.2 Å². The Hall–Kier alpha value is -4.20. The van der Waals surface area contributed by atoms with Gasteiger partial charge < -0.3 is 5.32 Å². The van der Waals surface area contributed by atoms with Gasteiger partial charge in [-0.1, -0.05) is 96.0 Å². The van der Waals surface area contributed by atoms with Gasteiger partial charge in [0, 0.05) is 83.7 Å². The van der Waals surface area contributed by atoms with Crippen molar-refractivity contribution >= 4 is 23.2 Å². The van der Waals surface area contributed by atoms with Crippen LogP contribution in [0.3, 0.4) is 0 Å². The monoisotopic (exact) mass is 690 g/mol. The molecule has 0 saturated carbocycles. The number of hydrogen-bond acceptors (Lipinski definition) is 4. The van der Waals surface area contributed by atoms with Gasteiger partial charge in [0.05, 0.1) is 11.4 Å². The highest BCUT2D eigenvalue weighted by Gasteiger charge is 2.24. The van der Waals surface area contributed by atoms with Crippen molar-refractivity contribution in [3.8, 4) is 22.5 Å². The SMILES string of the molecule is Cc1cc(C)c(-c2cc(CCNCc3ccccc3)[nH]n2)cc1Cl.Cc1cc(C)c(-c2n[nH]c3c2CN(Cc2ccccc2)CC3)cc1Cl. The molecule has 0 unspecified atom stereocenters. The van der Waals surface area contributed by atoms with Crippen LogP contribution < -0.4 is 5.32 Å². The molecule has 0 aliphatic carbocycles. The van der Waals surface area contributed by atoms with E-state index in [0.29, 0.717) is 0 Å². The molecule has 0 atom stereocenters. The summed E-state index contributed by atoms with van der Waals surface area (Å²) in [5.41, 5.74) is 15.2. The highest BCUT2D eigenvalue weighted by molar-refractivity contribution is 6.32. The number of rotatable bonds is 9. The minimum Gasteiger partial charge on any atom is -0.312 e. The van der Waals surface area contributed by atoms with Gasteiger partial charge in [0.25, 0.3) is 0 Å². The molecule has 3 N–H and O–H groups in total. The third kappa shape index (κ3) is 8.70. The second-order valence-electron chi connectivity index (χ2n) is 13.0. The van der Waals surface area contributed by atoms with Gasteiger partial charge >= 0.3 is 0 Å². The molecular formula is C41H44Cl2N6. The van der Waals surface area contributed by atoms with Gasteiger partial charge in [-0.3, -0.25) is 15.1 Å². The number of benzene rings is 4. The minimum absolute atomic E-state index is 0.782. The smallest absolute Gasteiger partial charge is 0.0971 e. The van der Waals surface area contributed by atoms with Crippen molar-refractivity contribution in [1.82, 2.24) is 30.6 Å². The first-order valence-electron chi connectivity index (χ1n) is 16.9. The molecule has 3 heterocycles. The Bertz CT molecular complexity index is 2000. The van der Waals surface area contributed by atoms with Gasteiger partial charge in [-0.25, -0.2) is 0 Å². The molecule has 49 heavy (non-hydrogen) atoms. The van der Waals surface area contributed by atoms with Crippen LogP contribution in [-0.2, 0) is 32.5 Å². The molecule has 6 aromatic rings. The molecule has 2 aromatic heterocycles. The molecule has 0 bridgehead atoms. The summed E-state index contributed by atoms with van der Waals surface area (Å²) in [6, 6.07) is 31.5. The number of halogens is 2. The highest BCUT2D eigenvalue weighted by atomic mass is 35.5. The Balaban J connectivity index is 0.000000170. The summed E-state index contributed by atoms with van der Waals surface area (Å²) in [7, 11) is 0. The number of aromatic nitrogens is 4. The van der Waals surface area contributed by atoms with Crippen LogP contribution in [0, 0.1) is 27.7 Å². The van der Waals surface area contributed by atoms with Crippen molar-refractivity contribution in [2.24, 2.45) is 0 Å². The maximum atomic E-state index is 6.37. The molecule has 1 aliphatic heterocycles. The number of aryl methyl sites for hydroxylation is 4. The fraction of sp³-hybridized carbons (Fsp3) is 0.268. The Labute approximate surface area is 299 Å². The van der Waals surface area contributed by atoms with Crippen molar-refractivity contribution in [3.63, 3.8) is 0 Å². The van der Waals surface area contributed by atoms with E-state index >= 15 is 0 Å². The van der Waals surface area contributed by atoms with E-state index in [0.717, 1.165) is 94.9 Å². The average molecular weight is 692 g/mol. The Morgan fingerprint density at radius 1 is 0.714 bits per heavy atom. The van der Waals surface area contributed by atoms with Crippen molar-refractivity contribution in [3.05, 3.63) is 151 Å². The molecule has 6 nitrogen and oxygen atoms in total. The van der Waals surface area contributed by atoms with Crippen LogP contribution in [-0.4, -0.2) is 38.4 Å². The fourth-order valence-corrected chi connectivity index (χ4v) is 6.74. The summed E-state index contributed by atoms with van der Waals surface area (Å²) in [5, 5.41) is 20.5. The summed E-state index contributed by atoms with van der Waals surface area (Å²) in [5.74, 6) is 0. The molecule has 0 fully saturated rings. The molecule has 8 heteroatoms. The fourth-order valence-electron chi connectivity index (χ4n) is 6.41. The van der Waals surface area contributed by atoms with Gasteiger partial charge in [-0.2, -0.15) is 10.2 Å². The van der Waals surface area contributed by atoms with Crippen molar-refractivity contribution in [1.29, 1.82) is 0 Å². The van der Waals surface area contributed by atoms with Crippen molar-refractivity contribution in [2.75, 3.05) is 13.1 Å². The minimum atomic E-state index is 0.782. The van der Waals surface area contributed by atoms with Gasteiger partial charge in [-0.15, -0.1) is 0 Å². The third-order valence-electron chi connectivity index (χ3n) is 9.18. The van der Waals surface area contributed by atoms with E-state index in [1.165, 1.54) is 33.5 Å². The number of nitrogens with one attached hydrogen (secondary N) is 3. The highest BCUT2D eigenvalue weighted by Crippen LogP contribution is 2.34. The maximum absolute atomic E-state index is 6.37. The second kappa shape index (κ2) is 16.0. The van der Waals surface area contributed by atoms with Crippen LogP contribution in [0.4, 0.5) is 0 Å². The zero-order chi connectivity index (χ0) is 34.3. The van der Waals surface area contributed by atoms with Crippen LogP contribution in [0.2, 0.25) is 10.0 Å². The normalized spacial score (nSPS) is 12.8. The van der Waals surface area contributed by atoms with Gasteiger partial charge in [-0.05, 0) is 79.3 Å². The van der Waals surface area contributed by atoms with E-state index in [1.54, 1.807) is 0 Å². The van der Waals surface area contributed by atoms with Crippen LogP contribution in [0.5, 0.6) is 0 Å². The number of H-pyrrole nitrogens is 2. The predicted molar refractivity (Wildman–Crippen MR) is 203 cm³/mol. The van der Waals surface area contributed by atoms with Gasteiger partial charge in [0.1, 0.15) is 0 Å². The molecule has 4 aromatic carbocycles. The number of hydrogen-bond donors (Lipinski definition) is 3. The lowest BCUT2D eigenvalue weighted by atomic mass is 9.96. The number of aromatic amines is 2. The molecule has 0 amide bonds. The van der Waals surface area contributed by atoms with Crippen molar-refractivity contribution in [2.45, 2.75) is 60.2 Å². The third-order valence-corrected chi connectivity index (χ3v) is 9.99. The second-order valence-corrected chi connectivity index (χ2v) is 13.8. The zero-order valence-corrected chi connectivity index (χ0v) is 30.2. The zero-order valence-electron chi connectivity index (χ0n) is 28.7. The molecule has 0 radical (unpaired) electrons. The van der Waals surface area contributed by atoms with Crippen LogP contribution in [0.25, 0.3) is 22.5 Å². The lowest BCUT2D eigenvalue weighted by Crippen LogP contribution is -2.30. The Kier molecular flexibility index (Phi) is 11.3. The summed E-state index contributed by atoms with van der Waals surface area (Å²) in [6.45, 7) is 13.0. The molecule has 252 valence electrons. The summed E-state index contributed by atoms with van der Waals surface area (Å²) >= 11 is 12.6. The predicted octanol–water partition coefficient (Wildman–Crippen LogP) is 9.58. The Morgan fingerprint density at radius 2 is 1.35 bits per heavy atom. The largest absolute Gasteiger partial charge is 0.312 e. The molecule has 0 saturated heterocycles. The van der Waals surface area contributed by atoms with Gasteiger partial charge in [0.15, 0.2) is 0 Å². The summed E-state index contributed by atoms with van der Waals surface area (Å²) in [4.78, 5) is 2.49. The van der Waals surface area contributed by atoms with E-state index in [2.05, 4.69) is 123 Å². The molecule has 1 aliphatic rings. The first-order chi connectivity index (χ1) is 23.7. The van der Waals surface area contributed by atoms with Crippen LogP contribution in [0.15, 0.2) is 91.0 Å². The van der Waals surface area contributed by atoms with Crippen LogP contribution in [0.1, 0.15) is 50.3 Å². The molecular weight excluding hydrogens is 647 g/mol. The summed E-state index contributed by atoms with van der Waals surface area (Å²) in [6.07, 6.45) is 1.92. The quantitative estimate of drug-likeness (QED) is 0.132. The number of nitrogens with zero attached hydrogens (tertiary/aromatic N) is 3. The standard InChI is InChI=1S/C21H22ClN3.C20H22ClN3/c1-14-10-15(2)19(22)11-17(14)21-18-13-25(9-8-20(18)23-24-21)12-16-6-4-3-5-7-16;1-14-10-15(2)19(21)12-18(14)20-11-17(23-24-20)8-9-22-13-16-6-4-3-5-7-16/h3-7,10-11H,8-9,12-13H2,1-2H3,(H,23,24);3-7,10-12,22H,8-9,13H2,1-2H3,(H,23,24). The van der Waals surface area contributed by atoms with E-state index in [-0.39, 0.29) is 0 Å². The molecule has 0 spiro atoms. The number of fused-ring (bicyclic) bond motifs is 1. The Morgan fingerprint density at radius 3 is 2.04 bits per heavy atom. The maximum Gasteiger partial charge on any atom is 0.0971 e.